The molecular weight excluding hydrogens is 616 g/mol. The molecule has 0 saturated carbocycles. The van der Waals surface area contributed by atoms with E-state index in [0.717, 1.165) is 55.5 Å². The molecule has 0 radical (unpaired) electrons. The predicted octanol–water partition coefficient (Wildman–Crippen LogP) is 5.86. The van der Waals surface area contributed by atoms with Gasteiger partial charge in [-0.1, -0.05) is 63.7 Å². The van der Waals surface area contributed by atoms with Crippen LogP contribution < -0.4 is 24.4 Å². The van der Waals surface area contributed by atoms with Crippen LogP contribution in [0.2, 0.25) is 0 Å². The highest BCUT2D eigenvalue weighted by molar-refractivity contribution is 9.11. The van der Waals surface area contributed by atoms with Crippen molar-refractivity contribution in [1.82, 2.24) is 4.57 Å². The Labute approximate surface area is 234 Å². The molecule has 5 nitrogen and oxygen atoms in total. The van der Waals surface area contributed by atoms with Crippen LogP contribution >= 0.6 is 43.2 Å². The van der Waals surface area contributed by atoms with Crippen LogP contribution in [0.4, 0.5) is 0 Å². The molecule has 0 N–H and O–H groups in total. The van der Waals surface area contributed by atoms with Gasteiger partial charge in [0.05, 0.1) is 35.0 Å². The number of thiazole rings is 1. The summed E-state index contributed by atoms with van der Waals surface area (Å²) in [6, 6.07) is 20.0. The Morgan fingerprint density at radius 1 is 1.03 bits per heavy atom. The SMILES string of the molecule is COc1cccc([C@H]2C3=C(N=c4s/c(=C/c5cc(Br)cc(Br)c5OC)c(=O)n42)c2ccccc2CC3)c1. The van der Waals surface area contributed by atoms with E-state index < -0.39 is 0 Å². The van der Waals surface area contributed by atoms with Gasteiger partial charge in [-0.15, -0.1) is 0 Å². The van der Waals surface area contributed by atoms with Gasteiger partial charge in [-0.2, -0.15) is 0 Å². The van der Waals surface area contributed by atoms with Crippen molar-refractivity contribution in [2.24, 2.45) is 4.99 Å². The van der Waals surface area contributed by atoms with Crippen LogP contribution in [0.25, 0.3) is 11.8 Å². The van der Waals surface area contributed by atoms with Gasteiger partial charge in [0, 0.05) is 15.6 Å². The molecule has 37 heavy (non-hydrogen) atoms. The summed E-state index contributed by atoms with van der Waals surface area (Å²) in [5, 5.41) is 0. The molecule has 2 aliphatic rings. The minimum Gasteiger partial charge on any atom is -0.497 e. The second-order valence-corrected chi connectivity index (χ2v) is 11.7. The maximum absolute atomic E-state index is 14.0. The number of ether oxygens (including phenoxy) is 2. The maximum atomic E-state index is 14.0. The molecular formula is C29H22Br2N2O3S. The largest absolute Gasteiger partial charge is 0.497 e. The normalized spacial score (nSPS) is 16.5. The molecule has 1 aliphatic carbocycles. The van der Waals surface area contributed by atoms with Crippen molar-refractivity contribution in [1.29, 1.82) is 0 Å². The summed E-state index contributed by atoms with van der Waals surface area (Å²) in [5.41, 5.74) is 6.32. The Morgan fingerprint density at radius 2 is 1.86 bits per heavy atom. The van der Waals surface area contributed by atoms with Gasteiger partial charge in [-0.05, 0) is 75.8 Å². The molecule has 1 aliphatic heterocycles. The van der Waals surface area contributed by atoms with Crippen LogP contribution in [-0.4, -0.2) is 18.8 Å². The van der Waals surface area contributed by atoms with Gasteiger partial charge < -0.3 is 9.47 Å². The number of benzene rings is 3. The Hall–Kier alpha value is -2.94. The fraction of sp³-hybridized carbons (Fsp3) is 0.172. The Kier molecular flexibility index (Phi) is 6.42. The van der Waals surface area contributed by atoms with Gasteiger partial charge in [-0.25, -0.2) is 4.99 Å². The monoisotopic (exact) mass is 636 g/mol. The Balaban J connectivity index is 1.64. The van der Waals surface area contributed by atoms with Gasteiger partial charge in [0.15, 0.2) is 4.80 Å². The van der Waals surface area contributed by atoms with Gasteiger partial charge in [-0.3, -0.25) is 9.36 Å². The molecule has 3 aromatic carbocycles. The van der Waals surface area contributed by atoms with E-state index in [2.05, 4.69) is 62.2 Å². The van der Waals surface area contributed by atoms with Gasteiger partial charge in [0.2, 0.25) is 0 Å². The lowest BCUT2D eigenvalue weighted by Gasteiger charge is -2.31. The van der Waals surface area contributed by atoms with Crippen LogP contribution in [0.15, 0.2) is 85.0 Å². The van der Waals surface area contributed by atoms with Crippen molar-refractivity contribution in [3.8, 4) is 11.5 Å². The van der Waals surface area contributed by atoms with E-state index in [-0.39, 0.29) is 11.6 Å². The highest BCUT2D eigenvalue weighted by Gasteiger charge is 2.32. The van der Waals surface area contributed by atoms with E-state index >= 15 is 0 Å². The molecule has 8 heteroatoms. The van der Waals surface area contributed by atoms with Crippen LogP contribution in [0.5, 0.6) is 11.5 Å². The summed E-state index contributed by atoms with van der Waals surface area (Å²) in [4.78, 5) is 19.8. The molecule has 2 heterocycles. The van der Waals surface area contributed by atoms with Crippen LogP contribution in [0, 0.1) is 0 Å². The molecule has 4 aromatic rings. The summed E-state index contributed by atoms with van der Waals surface area (Å²) in [7, 11) is 3.29. The average molecular weight is 638 g/mol. The van der Waals surface area contributed by atoms with Crippen LogP contribution in [0.1, 0.15) is 34.7 Å². The lowest BCUT2D eigenvalue weighted by Crippen LogP contribution is -2.38. The zero-order chi connectivity index (χ0) is 25.7. The summed E-state index contributed by atoms with van der Waals surface area (Å²) < 4.78 is 15.3. The number of methoxy groups -OCH3 is 2. The lowest BCUT2D eigenvalue weighted by atomic mass is 9.83. The average Bonchev–Trinajstić information content (AvgIpc) is 3.21. The van der Waals surface area contributed by atoms with E-state index in [1.54, 1.807) is 14.2 Å². The van der Waals surface area contributed by atoms with E-state index in [0.29, 0.717) is 15.1 Å². The fourth-order valence-electron chi connectivity index (χ4n) is 5.18. The first-order chi connectivity index (χ1) is 18.0. The standard InChI is InChI=1S/C29H22Br2N2O3S/c1-35-20-8-5-7-17(13-20)26-22-11-10-16-6-3-4-9-21(16)25(22)32-29-33(26)28(34)24(37-29)14-18-12-19(30)15-23(31)27(18)36-2/h3-9,12-15,26H,10-11H2,1-2H3/b24-14+/t26-/m0/s1. The van der Waals surface area contributed by atoms with Crippen molar-refractivity contribution in [3.05, 3.63) is 117 Å². The zero-order valence-electron chi connectivity index (χ0n) is 20.1. The first-order valence-electron chi connectivity index (χ1n) is 11.8. The van der Waals surface area contributed by atoms with Crippen molar-refractivity contribution < 1.29 is 9.47 Å². The molecule has 0 unspecified atom stereocenters. The van der Waals surface area contributed by atoms with E-state index in [1.807, 2.05) is 41.0 Å². The molecule has 0 saturated heterocycles. The van der Waals surface area contributed by atoms with Gasteiger partial charge in [0.1, 0.15) is 11.5 Å². The number of aromatic nitrogens is 1. The first-order valence-corrected chi connectivity index (χ1v) is 14.2. The third kappa shape index (κ3) is 4.21. The minimum atomic E-state index is -0.256. The number of nitrogens with zero attached hydrogens (tertiary/aromatic N) is 2. The summed E-state index contributed by atoms with van der Waals surface area (Å²) in [6.07, 6.45) is 3.64. The van der Waals surface area contributed by atoms with Gasteiger partial charge in [0.25, 0.3) is 5.56 Å². The number of hydrogen-bond acceptors (Lipinski definition) is 5. The van der Waals surface area contributed by atoms with Gasteiger partial charge >= 0.3 is 0 Å². The number of aryl methyl sites for hydroxylation is 1. The molecule has 0 bridgehead atoms. The Morgan fingerprint density at radius 3 is 2.68 bits per heavy atom. The molecule has 1 atom stereocenters. The quantitative estimate of drug-likeness (QED) is 0.282. The third-order valence-electron chi connectivity index (χ3n) is 6.81. The predicted molar refractivity (Wildman–Crippen MR) is 154 cm³/mol. The highest BCUT2D eigenvalue weighted by atomic mass is 79.9. The molecule has 186 valence electrons. The van der Waals surface area contributed by atoms with E-state index in [9.17, 15) is 4.79 Å². The lowest BCUT2D eigenvalue weighted by molar-refractivity contribution is 0.411. The number of hydrogen-bond donors (Lipinski definition) is 0. The number of rotatable bonds is 4. The van der Waals surface area contributed by atoms with Crippen molar-refractivity contribution >= 4 is 55.0 Å². The summed E-state index contributed by atoms with van der Waals surface area (Å²) >= 11 is 8.52. The second kappa shape index (κ2) is 9.74. The highest BCUT2D eigenvalue weighted by Crippen LogP contribution is 2.41. The minimum absolute atomic E-state index is 0.0693. The van der Waals surface area contributed by atoms with E-state index in [1.165, 1.54) is 16.9 Å². The van der Waals surface area contributed by atoms with Crippen LogP contribution in [-0.2, 0) is 6.42 Å². The number of fused-ring (bicyclic) bond motifs is 3. The number of allylic oxidation sites excluding steroid dienone is 1. The molecule has 0 amide bonds. The Bertz CT molecular complexity index is 1770. The summed E-state index contributed by atoms with van der Waals surface area (Å²) in [5.74, 6) is 1.44. The van der Waals surface area contributed by atoms with E-state index in [4.69, 9.17) is 14.5 Å². The second-order valence-electron chi connectivity index (χ2n) is 8.90. The zero-order valence-corrected chi connectivity index (χ0v) is 24.1. The van der Waals surface area contributed by atoms with Crippen LogP contribution in [0.3, 0.4) is 0 Å². The summed E-state index contributed by atoms with van der Waals surface area (Å²) in [6.45, 7) is 0. The first kappa shape index (κ1) is 24.4. The van der Waals surface area contributed by atoms with Crippen molar-refractivity contribution in [2.45, 2.75) is 18.9 Å². The van der Waals surface area contributed by atoms with Crippen molar-refractivity contribution in [2.75, 3.05) is 14.2 Å². The number of halogens is 2. The molecule has 6 rings (SSSR count). The fourth-order valence-corrected chi connectivity index (χ4v) is 7.59. The molecule has 0 fully saturated rings. The smallest absolute Gasteiger partial charge is 0.271 e. The molecule has 1 aromatic heterocycles. The molecule has 0 spiro atoms. The topological polar surface area (TPSA) is 52.8 Å². The maximum Gasteiger partial charge on any atom is 0.271 e. The third-order valence-corrected chi connectivity index (χ3v) is 8.84. The van der Waals surface area contributed by atoms with Crippen molar-refractivity contribution in [3.63, 3.8) is 0 Å².